The monoisotopic (exact) mass is 340 g/mol. The summed E-state index contributed by atoms with van der Waals surface area (Å²) in [5.41, 5.74) is 1.72. The van der Waals surface area contributed by atoms with Crippen molar-refractivity contribution in [2.75, 3.05) is 0 Å². The van der Waals surface area contributed by atoms with Crippen LogP contribution in [0.15, 0.2) is 23.1 Å². The van der Waals surface area contributed by atoms with Gasteiger partial charge in [0.2, 0.25) is 0 Å². The first-order valence-corrected chi connectivity index (χ1v) is 10.1. The van der Waals surface area contributed by atoms with Crippen molar-refractivity contribution < 1.29 is 13.0 Å². The molecule has 0 aromatic heterocycles. The van der Waals surface area contributed by atoms with Gasteiger partial charge in [-0.05, 0) is 40.9 Å². The smallest absolute Gasteiger partial charge is 0.282 e. The molecule has 1 aromatic carbocycles. The van der Waals surface area contributed by atoms with Crippen molar-refractivity contribution in [1.29, 1.82) is 0 Å². The molecule has 1 N–H and O–H groups in total. The van der Waals surface area contributed by atoms with Crippen LogP contribution in [0, 0.1) is 11.3 Å². The molecule has 132 valence electrons. The predicted molar refractivity (Wildman–Crippen MR) is 96.5 cm³/mol. The molecular formula is C19H32O3S. The number of benzene rings is 1. The molecule has 0 saturated carbocycles. The topological polar surface area (TPSA) is 54.4 Å². The van der Waals surface area contributed by atoms with Gasteiger partial charge in [-0.25, -0.2) is 0 Å². The zero-order chi connectivity index (χ0) is 17.8. The van der Waals surface area contributed by atoms with E-state index in [1.807, 2.05) is 19.1 Å². The van der Waals surface area contributed by atoms with Gasteiger partial charge < -0.3 is 0 Å². The molecule has 2 atom stereocenters. The van der Waals surface area contributed by atoms with Gasteiger partial charge in [0.05, 0.1) is 4.90 Å². The van der Waals surface area contributed by atoms with Gasteiger partial charge in [-0.3, -0.25) is 4.55 Å². The first-order valence-electron chi connectivity index (χ1n) is 8.66. The van der Waals surface area contributed by atoms with E-state index < -0.39 is 10.1 Å². The Kier molecular flexibility index (Phi) is 6.84. The van der Waals surface area contributed by atoms with E-state index in [4.69, 9.17) is 0 Å². The lowest BCUT2D eigenvalue weighted by molar-refractivity contribution is 0.218. The van der Waals surface area contributed by atoms with E-state index in [1.165, 1.54) is 0 Å². The van der Waals surface area contributed by atoms with Crippen molar-refractivity contribution >= 4 is 10.1 Å². The third-order valence-electron chi connectivity index (χ3n) is 4.70. The van der Waals surface area contributed by atoms with E-state index in [0.29, 0.717) is 17.9 Å². The molecule has 0 fully saturated rings. The lowest BCUT2D eigenvalue weighted by atomic mass is 9.67. The molecule has 4 heteroatoms. The van der Waals surface area contributed by atoms with Crippen molar-refractivity contribution in [3.8, 4) is 0 Å². The van der Waals surface area contributed by atoms with Gasteiger partial charge in [0.25, 0.3) is 10.1 Å². The average Bonchev–Trinajstić information content (AvgIpc) is 2.44. The summed E-state index contributed by atoms with van der Waals surface area (Å²) in [6.07, 6.45) is 3.88. The molecule has 2 unspecified atom stereocenters. The summed E-state index contributed by atoms with van der Waals surface area (Å²) < 4.78 is 33.1. The second-order valence-corrected chi connectivity index (χ2v) is 8.89. The average molecular weight is 341 g/mol. The van der Waals surface area contributed by atoms with E-state index in [1.54, 1.807) is 6.07 Å². The zero-order valence-corrected chi connectivity index (χ0v) is 16.2. The molecule has 0 bridgehead atoms. The molecule has 0 saturated heterocycles. The fourth-order valence-electron chi connectivity index (χ4n) is 3.75. The van der Waals surface area contributed by atoms with Crippen LogP contribution in [0.3, 0.4) is 0 Å². The fourth-order valence-corrected chi connectivity index (χ4v) is 4.58. The van der Waals surface area contributed by atoms with Gasteiger partial charge in [0, 0.05) is 0 Å². The van der Waals surface area contributed by atoms with Crippen LogP contribution in [0.5, 0.6) is 0 Å². The molecule has 0 aliphatic carbocycles. The second kappa shape index (κ2) is 7.80. The molecule has 0 aliphatic rings. The first-order chi connectivity index (χ1) is 10.6. The van der Waals surface area contributed by atoms with Crippen LogP contribution >= 0.6 is 0 Å². The van der Waals surface area contributed by atoms with E-state index in [9.17, 15) is 13.0 Å². The maximum atomic E-state index is 11.8. The van der Waals surface area contributed by atoms with Gasteiger partial charge in [-0.2, -0.15) is 8.42 Å². The van der Waals surface area contributed by atoms with Crippen molar-refractivity contribution in [3.05, 3.63) is 29.3 Å². The highest BCUT2D eigenvalue weighted by Crippen LogP contribution is 2.44. The maximum Gasteiger partial charge on any atom is 0.294 e. The second-order valence-electron chi connectivity index (χ2n) is 7.50. The minimum atomic E-state index is -4.19. The van der Waals surface area contributed by atoms with E-state index in [0.717, 1.165) is 24.8 Å². The number of hydrogen-bond donors (Lipinski definition) is 1. The number of rotatable bonds is 7. The molecule has 0 aliphatic heterocycles. The van der Waals surface area contributed by atoms with Crippen LogP contribution in [0.4, 0.5) is 0 Å². The third kappa shape index (κ3) is 5.05. The van der Waals surface area contributed by atoms with Crippen LogP contribution in [0.1, 0.15) is 77.8 Å². The third-order valence-corrected chi connectivity index (χ3v) is 5.63. The van der Waals surface area contributed by atoms with Crippen LogP contribution in [-0.4, -0.2) is 13.0 Å². The van der Waals surface area contributed by atoms with Crippen LogP contribution in [0.25, 0.3) is 0 Å². The minimum absolute atomic E-state index is 0.0278. The van der Waals surface area contributed by atoms with Gasteiger partial charge in [-0.15, -0.1) is 0 Å². The normalized spacial score (nSPS) is 15.4. The van der Waals surface area contributed by atoms with Crippen molar-refractivity contribution in [3.63, 3.8) is 0 Å². The van der Waals surface area contributed by atoms with Crippen molar-refractivity contribution in [1.82, 2.24) is 0 Å². The Hall–Kier alpha value is -0.870. The summed E-state index contributed by atoms with van der Waals surface area (Å²) in [5, 5.41) is 0. The van der Waals surface area contributed by atoms with E-state index in [2.05, 4.69) is 34.6 Å². The summed E-state index contributed by atoms with van der Waals surface area (Å²) in [6, 6.07) is 5.60. The van der Waals surface area contributed by atoms with Crippen LogP contribution < -0.4 is 0 Å². The first kappa shape index (κ1) is 20.2. The minimum Gasteiger partial charge on any atom is -0.282 e. The predicted octanol–water partition coefficient (Wildman–Crippen LogP) is 5.45. The summed E-state index contributed by atoms with van der Waals surface area (Å²) in [5.74, 6) is 0.764. The fraction of sp³-hybridized carbons (Fsp3) is 0.684. The Morgan fingerprint density at radius 3 is 2.13 bits per heavy atom. The molecule has 0 radical (unpaired) electrons. The standard InChI is InChI=1S/C19H32O3S/c1-7-10-15(9-3)18(19(4,5)6)16-12-11-14(8-2)17(13-16)23(20,21)22/h11-13,15,18H,7-10H2,1-6H3,(H,20,21,22). The quantitative estimate of drug-likeness (QED) is 0.671. The van der Waals surface area contributed by atoms with E-state index in [-0.39, 0.29) is 16.2 Å². The Bertz CT molecular complexity index is 612. The summed E-state index contributed by atoms with van der Waals surface area (Å²) in [4.78, 5) is 0.0677. The SMILES string of the molecule is CCCC(CC)C(c1ccc(CC)c(S(=O)(=O)O)c1)C(C)(C)C. The highest BCUT2D eigenvalue weighted by Gasteiger charge is 2.33. The van der Waals surface area contributed by atoms with Crippen LogP contribution in [-0.2, 0) is 16.5 Å². The maximum absolute atomic E-state index is 11.8. The molecule has 0 spiro atoms. The highest BCUT2D eigenvalue weighted by atomic mass is 32.2. The van der Waals surface area contributed by atoms with E-state index >= 15 is 0 Å². The number of hydrogen-bond acceptors (Lipinski definition) is 2. The summed E-state index contributed by atoms with van der Waals surface area (Å²) in [6.45, 7) is 12.9. The van der Waals surface area contributed by atoms with Crippen molar-refractivity contribution in [2.24, 2.45) is 11.3 Å². The summed E-state index contributed by atoms with van der Waals surface area (Å²) >= 11 is 0. The zero-order valence-electron chi connectivity index (χ0n) is 15.4. The molecule has 23 heavy (non-hydrogen) atoms. The molecule has 1 rings (SSSR count). The van der Waals surface area contributed by atoms with Gasteiger partial charge in [0.1, 0.15) is 0 Å². The molecule has 0 heterocycles. The Morgan fingerprint density at radius 2 is 1.74 bits per heavy atom. The highest BCUT2D eigenvalue weighted by molar-refractivity contribution is 7.85. The van der Waals surface area contributed by atoms with Gasteiger partial charge in [-0.1, -0.05) is 72.9 Å². The Balaban J connectivity index is 3.49. The van der Waals surface area contributed by atoms with Crippen LogP contribution in [0.2, 0.25) is 0 Å². The Labute approximate surface area is 142 Å². The summed E-state index contributed by atoms with van der Waals surface area (Å²) in [7, 11) is -4.19. The lowest BCUT2D eigenvalue weighted by Crippen LogP contribution is -2.26. The molecular weight excluding hydrogens is 308 g/mol. The van der Waals surface area contributed by atoms with Gasteiger partial charge in [0.15, 0.2) is 0 Å². The van der Waals surface area contributed by atoms with Crippen molar-refractivity contribution in [2.45, 2.75) is 78.0 Å². The van der Waals surface area contributed by atoms with Gasteiger partial charge >= 0.3 is 0 Å². The largest absolute Gasteiger partial charge is 0.294 e. The molecule has 3 nitrogen and oxygen atoms in total. The Morgan fingerprint density at radius 1 is 1.13 bits per heavy atom. The lowest BCUT2D eigenvalue weighted by Gasteiger charge is -2.38. The number of aryl methyl sites for hydroxylation is 1. The molecule has 1 aromatic rings. The molecule has 0 amide bonds.